The van der Waals surface area contributed by atoms with Gasteiger partial charge in [0.1, 0.15) is 0 Å². The molecule has 0 aromatic carbocycles. The van der Waals surface area contributed by atoms with Crippen LogP contribution in [-0.2, 0) is 32.9 Å². The molecule has 0 saturated carbocycles. The summed E-state index contributed by atoms with van der Waals surface area (Å²) in [6.45, 7) is 0. The first-order chi connectivity index (χ1) is 0. The Hall–Kier alpha value is 2.71. The standard InChI is InChI=1S/Ba.Mg.Ni.3O/q3*+2;3*-2. The van der Waals surface area contributed by atoms with Crippen LogP contribution in [0, 0.1) is 0 Å². The summed E-state index contributed by atoms with van der Waals surface area (Å²) < 4.78 is 0. The van der Waals surface area contributed by atoms with Gasteiger partial charge in [-0.1, -0.05) is 0 Å². The van der Waals surface area contributed by atoms with E-state index in [0.29, 0.717) is 0 Å². The quantitative estimate of drug-likeness (QED) is 0.498. The van der Waals surface area contributed by atoms with E-state index < -0.39 is 0 Å². The van der Waals surface area contributed by atoms with Crippen LogP contribution in [0.3, 0.4) is 0 Å². The van der Waals surface area contributed by atoms with E-state index in [4.69, 9.17) is 0 Å². The SMILES string of the molecule is [Ba+2].[Mg+2].[Ni+2].[O-2].[O-2].[O-2]. The van der Waals surface area contributed by atoms with Crippen LogP contribution in [0.2, 0.25) is 0 Å². The Balaban J connectivity index is 0. The Labute approximate surface area is 103 Å². The topological polar surface area (TPSA) is 85.5 Å². The molecule has 0 aromatic heterocycles. The molecule has 0 amide bonds. The summed E-state index contributed by atoms with van der Waals surface area (Å²) >= 11 is 0. The van der Waals surface area contributed by atoms with Crippen LogP contribution in [0.5, 0.6) is 0 Å². The van der Waals surface area contributed by atoms with Crippen molar-refractivity contribution < 1.29 is 32.9 Å². The first-order valence-electron chi connectivity index (χ1n) is 0. The van der Waals surface area contributed by atoms with Gasteiger partial charge in [0.2, 0.25) is 0 Å². The third kappa shape index (κ3) is 29.8. The summed E-state index contributed by atoms with van der Waals surface area (Å²) in [5, 5.41) is 0. The van der Waals surface area contributed by atoms with E-state index in [9.17, 15) is 0 Å². The van der Waals surface area contributed by atoms with Gasteiger partial charge in [-0.3, -0.25) is 0 Å². The minimum absolute atomic E-state index is 0. The molecule has 0 bridgehead atoms. The maximum absolute atomic E-state index is 0. The molecule has 0 saturated heterocycles. The van der Waals surface area contributed by atoms with Crippen molar-refractivity contribution in [3.8, 4) is 0 Å². The average Bonchev–Trinajstić information content (AvgIpc) is 0. The molecule has 32 valence electrons. The second-order valence-electron chi connectivity index (χ2n) is 0. The van der Waals surface area contributed by atoms with Gasteiger partial charge in [0.25, 0.3) is 0 Å². The molecule has 0 aliphatic rings. The van der Waals surface area contributed by atoms with E-state index in [0.717, 1.165) is 0 Å². The summed E-state index contributed by atoms with van der Waals surface area (Å²) in [6.07, 6.45) is 0. The molecule has 0 unspecified atom stereocenters. The molecule has 0 aromatic rings. The molecule has 0 rings (SSSR count). The van der Waals surface area contributed by atoms with Gasteiger partial charge in [-0.15, -0.1) is 0 Å². The van der Waals surface area contributed by atoms with Crippen molar-refractivity contribution in [2.75, 3.05) is 0 Å². The monoisotopic (exact) mass is 268 g/mol. The smallest absolute Gasteiger partial charge is 2.00 e. The minimum Gasteiger partial charge on any atom is -2.00 e. The fourth-order valence-corrected chi connectivity index (χ4v) is 0. The van der Waals surface area contributed by atoms with Gasteiger partial charge in [0.15, 0.2) is 0 Å². The first kappa shape index (κ1) is 70.5. The fourth-order valence-electron chi connectivity index (χ4n) is 0. The van der Waals surface area contributed by atoms with Crippen LogP contribution in [-0.4, -0.2) is 71.9 Å². The second-order valence-corrected chi connectivity index (χ2v) is 0. The summed E-state index contributed by atoms with van der Waals surface area (Å²) in [4.78, 5) is 0. The number of hydrogen-bond acceptors (Lipinski definition) is 0. The van der Waals surface area contributed by atoms with Crippen molar-refractivity contribution in [2.24, 2.45) is 0 Å². The van der Waals surface area contributed by atoms with Crippen molar-refractivity contribution in [3.63, 3.8) is 0 Å². The Morgan fingerprint density at radius 2 is 0.667 bits per heavy atom. The van der Waals surface area contributed by atoms with Gasteiger partial charge < -0.3 is 16.4 Å². The molecule has 3 nitrogen and oxygen atoms in total. The van der Waals surface area contributed by atoms with E-state index in [1.807, 2.05) is 0 Å². The largest absolute Gasteiger partial charge is 2.00 e. The van der Waals surface area contributed by atoms with Crippen molar-refractivity contribution >= 4 is 71.9 Å². The third-order valence-corrected chi connectivity index (χ3v) is 0. The van der Waals surface area contributed by atoms with Crippen LogP contribution in [0.25, 0.3) is 0 Å². The first-order valence-corrected chi connectivity index (χ1v) is 0. The molecular weight excluding hydrogens is 268 g/mol. The number of rotatable bonds is 0. The molecule has 0 aliphatic carbocycles. The van der Waals surface area contributed by atoms with E-state index in [2.05, 4.69) is 0 Å². The van der Waals surface area contributed by atoms with Gasteiger partial charge in [0.05, 0.1) is 0 Å². The van der Waals surface area contributed by atoms with E-state index in [1.165, 1.54) is 0 Å². The summed E-state index contributed by atoms with van der Waals surface area (Å²) in [6, 6.07) is 0. The molecule has 0 aliphatic heterocycles. The predicted octanol–water partition coefficient (Wildman–Crippen LogP) is -1.12. The van der Waals surface area contributed by atoms with Crippen LogP contribution in [0.15, 0.2) is 0 Å². The third-order valence-electron chi connectivity index (χ3n) is 0. The maximum Gasteiger partial charge on any atom is 2.00 e. The zero-order valence-electron chi connectivity index (χ0n) is 2.96. The molecule has 6 heavy (non-hydrogen) atoms. The Morgan fingerprint density at radius 1 is 0.667 bits per heavy atom. The van der Waals surface area contributed by atoms with Crippen molar-refractivity contribution in [1.29, 1.82) is 0 Å². The van der Waals surface area contributed by atoms with E-state index in [1.54, 1.807) is 0 Å². The van der Waals surface area contributed by atoms with Crippen LogP contribution in [0.1, 0.15) is 0 Å². The van der Waals surface area contributed by atoms with Crippen molar-refractivity contribution in [1.82, 2.24) is 0 Å². The maximum atomic E-state index is 0. The Kier molecular flexibility index (Phi) is 555. The normalized spacial score (nSPS) is 0. The van der Waals surface area contributed by atoms with Crippen LogP contribution in [0.4, 0.5) is 0 Å². The zero-order chi connectivity index (χ0) is 0. The molecule has 0 atom stereocenters. The zero-order valence-corrected chi connectivity index (χ0v) is 9.80. The van der Waals surface area contributed by atoms with Gasteiger partial charge in [-0.05, 0) is 0 Å². The van der Waals surface area contributed by atoms with Crippen molar-refractivity contribution in [2.45, 2.75) is 0 Å². The van der Waals surface area contributed by atoms with E-state index >= 15 is 0 Å². The molecule has 0 heterocycles. The average molecular weight is 268 g/mol. The Bertz CT molecular complexity index is 10.8. The Morgan fingerprint density at radius 3 is 0.667 bits per heavy atom. The summed E-state index contributed by atoms with van der Waals surface area (Å²) in [5.74, 6) is 0. The summed E-state index contributed by atoms with van der Waals surface area (Å²) in [7, 11) is 0. The second kappa shape index (κ2) is 47.3. The molecule has 0 N–H and O–H groups in total. The summed E-state index contributed by atoms with van der Waals surface area (Å²) in [5.41, 5.74) is 0. The van der Waals surface area contributed by atoms with Gasteiger partial charge >= 0.3 is 88.4 Å². The van der Waals surface area contributed by atoms with Gasteiger partial charge in [0, 0.05) is 0 Å². The van der Waals surface area contributed by atoms with E-state index in [-0.39, 0.29) is 105 Å². The van der Waals surface area contributed by atoms with Crippen molar-refractivity contribution in [3.05, 3.63) is 0 Å². The minimum atomic E-state index is 0. The van der Waals surface area contributed by atoms with Gasteiger partial charge in [-0.25, -0.2) is 0 Å². The predicted molar refractivity (Wildman–Crippen MR) is 13.6 cm³/mol. The molecule has 0 spiro atoms. The fraction of sp³-hybridized carbons (Fsp3) is 0. The molecular formula is BaMgNiO3. The number of hydrogen-bond donors (Lipinski definition) is 0. The van der Waals surface area contributed by atoms with Crippen LogP contribution < -0.4 is 0 Å². The molecule has 0 radical (unpaired) electrons. The van der Waals surface area contributed by atoms with Crippen LogP contribution >= 0.6 is 0 Å². The molecule has 0 fully saturated rings. The van der Waals surface area contributed by atoms with Gasteiger partial charge in [-0.2, -0.15) is 0 Å². The molecule has 6 heteroatoms.